The van der Waals surface area contributed by atoms with Crippen LogP contribution in [-0.4, -0.2) is 24.2 Å². The molecule has 0 spiro atoms. The molecule has 0 amide bonds. The Labute approximate surface area is 107 Å². The molecular weight excluding hydrogens is 232 g/mol. The summed E-state index contributed by atoms with van der Waals surface area (Å²) in [6, 6.07) is 6.43. The van der Waals surface area contributed by atoms with Gasteiger partial charge in [-0.3, -0.25) is 11.3 Å². The van der Waals surface area contributed by atoms with Crippen LogP contribution in [0.15, 0.2) is 18.2 Å². The van der Waals surface area contributed by atoms with Gasteiger partial charge in [-0.1, -0.05) is 18.2 Å². The third kappa shape index (κ3) is 2.83. The lowest BCUT2D eigenvalue weighted by molar-refractivity contribution is 0.0466. The Kier molecular flexibility index (Phi) is 4.45. The van der Waals surface area contributed by atoms with Crippen LogP contribution in [0.4, 0.5) is 0 Å². The normalized spacial score (nSPS) is 22.4. The minimum Gasteiger partial charge on any atom is -0.374 e. The van der Waals surface area contributed by atoms with Gasteiger partial charge < -0.3 is 4.74 Å². The lowest BCUT2D eigenvalue weighted by Crippen LogP contribution is -2.41. The van der Waals surface area contributed by atoms with Gasteiger partial charge in [-0.25, -0.2) is 0 Å². The van der Waals surface area contributed by atoms with Gasteiger partial charge in [0, 0.05) is 11.5 Å². The Balaban J connectivity index is 2.24. The summed E-state index contributed by atoms with van der Waals surface area (Å²) in [6.45, 7) is 5.09. The molecule has 94 valence electrons. The summed E-state index contributed by atoms with van der Waals surface area (Å²) in [5, 5.41) is 0. The van der Waals surface area contributed by atoms with Gasteiger partial charge in [0.2, 0.25) is 0 Å². The average molecular weight is 252 g/mol. The van der Waals surface area contributed by atoms with E-state index in [9.17, 15) is 0 Å². The minimum atomic E-state index is 0.0858. The van der Waals surface area contributed by atoms with Crippen molar-refractivity contribution < 1.29 is 4.74 Å². The first-order chi connectivity index (χ1) is 8.24. The molecule has 1 fully saturated rings. The van der Waals surface area contributed by atoms with Crippen molar-refractivity contribution in [2.75, 3.05) is 18.1 Å². The van der Waals surface area contributed by atoms with Crippen molar-refractivity contribution in [3.8, 4) is 0 Å². The van der Waals surface area contributed by atoms with E-state index >= 15 is 0 Å². The van der Waals surface area contributed by atoms with Gasteiger partial charge in [0.05, 0.1) is 18.8 Å². The first kappa shape index (κ1) is 12.9. The SMILES string of the molecule is Cc1cccc(C(NN)C2CSCCO2)c1C. The molecule has 0 aromatic heterocycles. The summed E-state index contributed by atoms with van der Waals surface area (Å²) in [4.78, 5) is 0. The number of hydrazine groups is 1. The molecule has 0 aliphatic carbocycles. The molecule has 4 heteroatoms. The van der Waals surface area contributed by atoms with Crippen LogP contribution in [0.3, 0.4) is 0 Å². The standard InChI is InChI=1S/C13H20N2OS/c1-9-4-3-5-11(10(9)2)13(15-14)12-8-17-7-6-16-12/h3-5,12-13,15H,6-8,14H2,1-2H3. The van der Waals surface area contributed by atoms with Crippen molar-refractivity contribution in [3.05, 3.63) is 34.9 Å². The van der Waals surface area contributed by atoms with E-state index in [-0.39, 0.29) is 12.1 Å². The predicted molar refractivity (Wildman–Crippen MR) is 73.0 cm³/mol. The molecule has 2 rings (SSSR count). The smallest absolute Gasteiger partial charge is 0.0873 e. The Morgan fingerprint density at radius 2 is 2.29 bits per heavy atom. The lowest BCUT2D eigenvalue weighted by atomic mass is 9.95. The molecule has 1 heterocycles. The highest BCUT2D eigenvalue weighted by molar-refractivity contribution is 7.99. The zero-order valence-electron chi connectivity index (χ0n) is 10.4. The van der Waals surface area contributed by atoms with Crippen LogP contribution >= 0.6 is 11.8 Å². The Morgan fingerprint density at radius 1 is 1.47 bits per heavy atom. The maximum absolute atomic E-state index is 5.82. The van der Waals surface area contributed by atoms with Gasteiger partial charge in [0.15, 0.2) is 0 Å². The van der Waals surface area contributed by atoms with Gasteiger partial charge in [0.1, 0.15) is 0 Å². The molecule has 3 nitrogen and oxygen atoms in total. The predicted octanol–water partition coefficient (Wildman–Crippen LogP) is 1.94. The van der Waals surface area contributed by atoms with Crippen LogP contribution in [-0.2, 0) is 4.74 Å². The second kappa shape index (κ2) is 5.87. The Bertz CT molecular complexity index is 378. The largest absolute Gasteiger partial charge is 0.374 e. The number of hydrogen-bond donors (Lipinski definition) is 2. The van der Waals surface area contributed by atoms with Gasteiger partial charge in [-0.15, -0.1) is 0 Å². The molecule has 3 N–H and O–H groups in total. The van der Waals surface area contributed by atoms with E-state index < -0.39 is 0 Å². The summed E-state index contributed by atoms with van der Waals surface area (Å²) in [5.74, 6) is 7.80. The number of rotatable bonds is 3. The van der Waals surface area contributed by atoms with E-state index in [1.54, 1.807) is 0 Å². The topological polar surface area (TPSA) is 47.3 Å². The third-order valence-electron chi connectivity index (χ3n) is 3.37. The highest BCUT2D eigenvalue weighted by Gasteiger charge is 2.26. The summed E-state index contributed by atoms with van der Waals surface area (Å²) >= 11 is 1.93. The minimum absolute atomic E-state index is 0.0858. The van der Waals surface area contributed by atoms with Gasteiger partial charge >= 0.3 is 0 Å². The van der Waals surface area contributed by atoms with Crippen molar-refractivity contribution >= 4 is 11.8 Å². The molecule has 0 saturated carbocycles. The number of hydrogen-bond acceptors (Lipinski definition) is 4. The van der Waals surface area contributed by atoms with Crippen molar-refractivity contribution in [2.24, 2.45) is 5.84 Å². The highest BCUT2D eigenvalue weighted by Crippen LogP contribution is 2.28. The van der Waals surface area contributed by atoms with Crippen LogP contribution in [0.5, 0.6) is 0 Å². The van der Waals surface area contributed by atoms with E-state index in [0.29, 0.717) is 0 Å². The second-order valence-corrected chi connectivity index (χ2v) is 5.57. The van der Waals surface area contributed by atoms with Crippen LogP contribution in [0.2, 0.25) is 0 Å². The van der Waals surface area contributed by atoms with Crippen molar-refractivity contribution in [2.45, 2.75) is 26.0 Å². The zero-order valence-corrected chi connectivity index (χ0v) is 11.2. The Hall–Kier alpha value is -0.550. The number of ether oxygens (including phenoxy) is 1. The van der Waals surface area contributed by atoms with E-state index in [4.69, 9.17) is 10.6 Å². The quantitative estimate of drug-likeness (QED) is 0.637. The molecule has 2 atom stereocenters. The maximum Gasteiger partial charge on any atom is 0.0873 e. The first-order valence-corrected chi connectivity index (χ1v) is 7.11. The molecule has 2 unspecified atom stereocenters. The van der Waals surface area contributed by atoms with Gasteiger partial charge in [0.25, 0.3) is 0 Å². The number of thioether (sulfide) groups is 1. The summed E-state index contributed by atoms with van der Waals surface area (Å²) in [5.41, 5.74) is 6.77. The van der Waals surface area contributed by atoms with Gasteiger partial charge in [-0.05, 0) is 30.5 Å². The van der Waals surface area contributed by atoms with Crippen LogP contribution in [0, 0.1) is 13.8 Å². The van der Waals surface area contributed by atoms with E-state index in [1.165, 1.54) is 16.7 Å². The average Bonchev–Trinajstić information content (AvgIpc) is 2.37. The van der Waals surface area contributed by atoms with Crippen LogP contribution in [0.1, 0.15) is 22.7 Å². The van der Waals surface area contributed by atoms with E-state index in [0.717, 1.165) is 18.1 Å². The summed E-state index contributed by atoms with van der Waals surface area (Å²) < 4.78 is 5.82. The molecule has 17 heavy (non-hydrogen) atoms. The molecule has 1 aliphatic rings. The monoisotopic (exact) mass is 252 g/mol. The summed E-state index contributed by atoms with van der Waals surface area (Å²) in [7, 11) is 0. The third-order valence-corrected chi connectivity index (χ3v) is 4.39. The number of benzene rings is 1. The number of nitrogens with two attached hydrogens (primary N) is 1. The molecule has 1 aromatic rings. The van der Waals surface area contributed by atoms with Crippen molar-refractivity contribution in [1.29, 1.82) is 0 Å². The lowest BCUT2D eigenvalue weighted by Gasteiger charge is -2.31. The van der Waals surface area contributed by atoms with Crippen LogP contribution < -0.4 is 11.3 Å². The fraction of sp³-hybridized carbons (Fsp3) is 0.538. The van der Waals surface area contributed by atoms with E-state index in [1.807, 2.05) is 11.8 Å². The molecular formula is C13H20N2OS. The molecule has 1 aromatic carbocycles. The zero-order chi connectivity index (χ0) is 12.3. The maximum atomic E-state index is 5.82. The highest BCUT2D eigenvalue weighted by atomic mass is 32.2. The molecule has 1 aliphatic heterocycles. The molecule has 0 radical (unpaired) electrons. The van der Waals surface area contributed by atoms with Crippen molar-refractivity contribution in [1.82, 2.24) is 5.43 Å². The Morgan fingerprint density at radius 3 is 2.94 bits per heavy atom. The molecule has 0 bridgehead atoms. The van der Waals surface area contributed by atoms with Crippen LogP contribution in [0.25, 0.3) is 0 Å². The number of aryl methyl sites for hydroxylation is 1. The fourth-order valence-electron chi connectivity index (χ4n) is 2.21. The first-order valence-electron chi connectivity index (χ1n) is 5.95. The summed E-state index contributed by atoms with van der Waals surface area (Å²) in [6.07, 6.45) is 0.166. The fourth-order valence-corrected chi connectivity index (χ4v) is 3.11. The number of nitrogens with one attached hydrogen (secondary N) is 1. The second-order valence-electron chi connectivity index (χ2n) is 4.42. The van der Waals surface area contributed by atoms with E-state index in [2.05, 4.69) is 37.5 Å². The molecule has 1 saturated heterocycles. The van der Waals surface area contributed by atoms with Gasteiger partial charge in [-0.2, -0.15) is 11.8 Å². The van der Waals surface area contributed by atoms with Crippen molar-refractivity contribution in [3.63, 3.8) is 0 Å².